The van der Waals surface area contributed by atoms with Gasteiger partial charge in [0.2, 0.25) is 11.8 Å². The van der Waals surface area contributed by atoms with E-state index in [-0.39, 0.29) is 17.7 Å². The smallest absolute Gasteiger partial charge is 0.234 e. The van der Waals surface area contributed by atoms with Gasteiger partial charge in [-0.15, -0.1) is 0 Å². The molecule has 0 radical (unpaired) electrons. The average Bonchev–Trinajstić information content (AvgIpc) is 3.05. The van der Waals surface area contributed by atoms with Gasteiger partial charge in [0.25, 0.3) is 0 Å². The molecule has 6 heteroatoms. The maximum atomic E-state index is 12.3. The Morgan fingerprint density at radius 1 is 1.22 bits per heavy atom. The van der Waals surface area contributed by atoms with E-state index in [4.69, 9.17) is 4.74 Å². The van der Waals surface area contributed by atoms with Crippen LogP contribution >= 0.6 is 0 Å². The van der Waals surface area contributed by atoms with Gasteiger partial charge in [0.15, 0.2) is 0 Å². The van der Waals surface area contributed by atoms with E-state index in [1.165, 1.54) is 5.56 Å². The predicted molar refractivity (Wildman–Crippen MR) is 104 cm³/mol. The van der Waals surface area contributed by atoms with Gasteiger partial charge in [-0.3, -0.25) is 14.5 Å². The van der Waals surface area contributed by atoms with Crippen LogP contribution in [-0.2, 0) is 14.3 Å². The van der Waals surface area contributed by atoms with Crippen molar-refractivity contribution in [2.45, 2.75) is 25.2 Å². The molecule has 0 aliphatic carbocycles. The molecule has 2 heterocycles. The number of amides is 2. The Balaban J connectivity index is 1.34. The van der Waals surface area contributed by atoms with E-state index in [1.807, 2.05) is 4.90 Å². The number of carbonyl (C=O) groups is 2. The second-order valence-electron chi connectivity index (χ2n) is 7.67. The minimum absolute atomic E-state index is 0.0657. The number of ether oxygens (including phenoxy) is 1. The number of nitrogens with zero attached hydrogens (tertiary/aromatic N) is 2. The van der Waals surface area contributed by atoms with E-state index in [0.29, 0.717) is 45.1 Å². The Bertz CT molecular complexity index is 614. The molecule has 148 valence electrons. The second kappa shape index (κ2) is 9.85. The van der Waals surface area contributed by atoms with Crippen LogP contribution in [0.5, 0.6) is 0 Å². The Morgan fingerprint density at radius 3 is 2.67 bits per heavy atom. The fraction of sp³-hybridized carbons (Fsp3) is 0.619. The minimum atomic E-state index is 0.0657. The van der Waals surface area contributed by atoms with E-state index >= 15 is 0 Å². The summed E-state index contributed by atoms with van der Waals surface area (Å²) < 4.78 is 5.04. The molecule has 0 spiro atoms. The van der Waals surface area contributed by atoms with Crippen LogP contribution in [0.3, 0.4) is 0 Å². The largest absolute Gasteiger partial charge is 0.383 e. The molecule has 2 aliphatic rings. The van der Waals surface area contributed by atoms with E-state index in [9.17, 15) is 9.59 Å². The summed E-state index contributed by atoms with van der Waals surface area (Å²) in [7, 11) is 1.64. The molecule has 2 aliphatic heterocycles. The zero-order valence-electron chi connectivity index (χ0n) is 16.2. The molecule has 27 heavy (non-hydrogen) atoms. The molecular weight excluding hydrogens is 342 g/mol. The zero-order valence-corrected chi connectivity index (χ0v) is 16.2. The number of likely N-dealkylation sites (tertiary alicyclic amines) is 2. The number of nitrogens with one attached hydrogen (secondary N) is 1. The summed E-state index contributed by atoms with van der Waals surface area (Å²) in [5.41, 5.74) is 1.41. The van der Waals surface area contributed by atoms with Crippen molar-refractivity contribution in [2.24, 2.45) is 5.92 Å². The highest BCUT2D eigenvalue weighted by Crippen LogP contribution is 2.27. The molecule has 0 aromatic heterocycles. The van der Waals surface area contributed by atoms with Crippen LogP contribution in [-0.4, -0.2) is 74.6 Å². The normalized spacial score (nSPS) is 21.6. The summed E-state index contributed by atoms with van der Waals surface area (Å²) in [5, 5.41) is 3.02. The van der Waals surface area contributed by atoms with Crippen LogP contribution in [0.1, 0.15) is 30.7 Å². The number of piperidine rings is 1. The molecule has 2 amide bonds. The third-order valence-corrected chi connectivity index (χ3v) is 5.67. The highest BCUT2D eigenvalue weighted by Gasteiger charge is 2.29. The van der Waals surface area contributed by atoms with E-state index in [2.05, 4.69) is 40.5 Å². The average molecular weight is 373 g/mol. The van der Waals surface area contributed by atoms with Crippen LogP contribution < -0.4 is 5.32 Å². The highest BCUT2D eigenvalue weighted by molar-refractivity contribution is 5.80. The van der Waals surface area contributed by atoms with Crippen LogP contribution in [0.4, 0.5) is 0 Å². The van der Waals surface area contributed by atoms with Crippen molar-refractivity contribution in [3.05, 3.63) is 35.9 Å². The Hall–Kier alpha value is -1.92. The second-order valence-corrected chi connectivity index (χ2v) is 7.67. The van der Waals surface area contributed by atoms with Crippen molar-refractivity contribution in [3.8, 4) is 0 Å². The third-order valence-electron chi connectivity index (χ3n) is 5.67. The lowest BCUT2D eigenvalue weighted by atomic mass is 9.89. The van der Waals surface area contributed by atoms with Gasteiger partial charge in [-0.1, -0.05) is 30.3 Å². The van der Waals surface area contributed by atoms with Crippen molar-refractivity contribution >= 4 is 11.8 Å². The monoisotopic (exact) mass is 373 g/mol. The molecule has 1 atom stereocenters. The van der Waals surface area contributed by atoms with E-state index < -0.39 is 0 Å². The minimum Gasteiger partial charge on any atom is -0.383 e. The standard InChI is InChI=1S/C21H31N3O3/c1-27-12-11-24-15-17(13-21(24)26)14-22-20(25)16-23-9-7-19(8-10-23)18-5-3-2-4-6-18/h2-6,17,19H,7-16H2,1H3,(H,22,25)/t17-/m0/s1. The van der Waals surface area contributed by atoms with Gasteiger partial charge in [0.1, 0.15) is 0 Å². The first-order valence-electron chi connectivity index (χ1n) is 9.96. The Labute approximate surface area is 161 Å². The van der Waals surface area contributed by atoms with Crippen molar-refractivity contribution in [2.75, 3.05) is 53.0 Å². The summed E-state index contributed by atoms with van der Waals surface area (Å²) in [6.07, 6.45) is 2.72. The molecule has 2 fully saturated rings. The lowest BCUT2D eigenvalue weighted by molar-refractivity contribution is -0.128. The summed E-state index contributed by atoms with van der Waals surface area (Å²) in [4.78, 5) is 28.3. The fourth-order valence-electron chi connectivity index (χ4n) is 4.08. The van der Waals surface area contributed by atoms with Crippen molar-refractivity contribution in [1.29, 1.82) is 0 Å². The number of carbonyl (C=O) groups excluding carboxylic acids is 2. The van der Waals surface area contributed by atoms with Gasteiger partial charge >= 0.3 is 0 Å². The van der Waals surface area contributed by atoms with Crippen molar-refractivity contribution in [3.63, 3.8) is 0 Å². The number of benzene rings is 1. The summed E-state index contributed by atoms with van der Waals surface area (Å²) in [6, 6.07) is 10.6. The van der Waals surface area contributed by atoms with Crippen molar-refractivity contribution < 1.29 is 14.3 Å². The van der Waals surface area contributed by atoms with Crippen LogP contribution in [0.25, 0.3) is 0 Å². The summed E-state index contributed by atoms with van der Waals surface area (Å²) in [6.45, 7) is 4.86. The van der Waals surface area contributed by atoms with Gasteiger partial charge in [-0.2, -0.15) is 0 Å². The Morgan fingerprint density at radius 2 is 1.96 bits per heavy atom. The molecule has 0 bridgehead atoms. The lowest BCUT2D eigenvalue weighted by Crippen LogP contribution is -2.42. The molecule has 3 rings (SSSR count). The van der Waals surface area contributed by atoms with Gasteiger partial charge in [-0.25, -0.2) is 0 Å². The molecule has 6 nitrogen and oxygen atoms in total. The van der Waals surface area contributed by atoms with Crippen LogP contribution in [0, 0.1) is 5.92 Å². The van der Waals surface area contributed by atoms with Gasteiger partial charge in [0.05, 0.1) is 13.2 Å². The SMILES string of the molecule is COCCN1C[C@H](CNC(=O)CN2CCC(c3ccccc3)CC2)CC1=O. The molecule has 2 saturated heterocycles. The van der Waals surface area contributed by atoms with E-state index in [1.54, 1.807) is 7.11 Å². The number of hydrogen-bond acceptors (Lipinski definition) is 4. The molecule has 1 N–H and O–H groups in total. The first kappa shape index (κ1) is 19.8. The van der Waals surface area contributed by atoms with E-state index in [0.717, 1.165) is 25.9 Å². The van der Waals surface area contributed by atoms with Gasteiger partial charge in [0, 0.05) is 39.1 Å². The van der Waals surface area contributed by atoms with Crippen LogP contribution in [0.2, 0.25) is 0 Å². The quantitative estimate of drug-likeness (QED) is 0.750. The lowest BCUT2D eigenvalue weighted by Gasteiger charge is -2.31. The molecular formula is C21H31N3O3. The third kappa shape index (κ3) is 5.78. The highest BCUT2D eigenvalue weighted by atomic mass is 16.5. The van der Waals surface area contributed by atoms with Crippen LogP contribution in [0.15, 0.2) is 30.3 Å². The zero-order chi connectivity index (χ0) is 19.1. The summed E-state index contributed by atoms with van der Waals surface area (Å²) >= 11 is 0. The topological polar surface area (TPSA) is 61.9 Å². The number of hydrogen-bond donors (Lipinski definition) is 1. The molecule has 1 aromatic carbocycles. The van der Waals surface area contributed by atoms with Crippen molar-refractivity contribution in [1.82, 2.24) is 15.1 Å². The van der Waals surface area contributed by atoms with Gasteiger partial charge < -0.3 is 15.0 Å². The number of methoxy groups -OCH3 is 1. The summed E-state index contributed by atoms with van der Waals surface area (Å²) in [5.74, 6) is 1.04. The Kier molecular flexibility index (Phi) is 7.24. The maximum Gasteiger partial charge on any atom is 0.234 e. The fourth-order valence-corrected chi connectivity index (χ4v) is 4.08. The number of rotatable bonds is 8. The first-order chi connectivity index (χ1) is 13.2. The molecule has 1 aromatic rings. The molecule has 0 saturated carbocycles. The molecule has 0 unspecified atom stereocenters. The first-order valence-corrected chi connectivity index (χ1v) is 9.96. The predicted octanol–water partition coefficient (Wildman–Crippen LogP) is 1.48. The van der Waals surface area contributed by atoms with Gasteiger partial charge in [-0.05, 0) is 37.4 Å². The maximum absolute atomic E-state index is 12.3.